The van der Waals surface area contributed by atoms with Gasteiger partial charge in [-0.15, -0.1) is 5.10 Å². The van der Waals surface area contributed by atoms with Crippen LogP contribution in [-0.4, -0.2) is 31.5 Å². The molecule has 0 aliphatic heterocycles. The second kappa shape index (κ2) is 4.86. The first-order valence-corrected chi connectivity index (χ1v) is 8.06. The third-order valence-electron chi connectivity index (χ3n) is 2.56. The number of halogens is 1. The molecule has 0 aliphatic rings. The fraction of sp³-hybridized carbons (Fsp3) is 0.182. The van der Waals surface area contributed by atoms with Crippen LogP contribution in [0.15, 0.2) is 33.6 Å². The molecule has 3 N–H and O–H groups in total. The van der Waals surface area contributed by atoms with Crippen LogP contribution in [0.2, 0.25) is 0 Å². The summed E-state index contributed by atoms with van der Waals surface area (Å²) in [6, 6.07) is 7.29. The summed E-state index contributed by atoms with van der Waals surface area (Å²) >= 11 is 3.39. The molecule has 0 bridgehead atoms. The van der Waals surface area contributed by atoms with Crippen molar-refractivity contribution in [1.29, 1.82) is 0 Å². The van der Waals surface area contributed by atoms with Crippen molar-refractivity contribution in [3.63, 3.8) is 0 Å². The zero-order valence-corrected chi connectivity index (χ0v) is 12.8. The molecule has 1 aromatic carbocycles. The van der Waals surface area contributed by atoms with Gasteiger partial charge in [-0.3, -0.25) is 0 Å². The maximum absolute atomic E-state index is 11.8. The first-order valence-electron chi connectivity index (χ1n) is 5.37. The van der Waals surface area contributed by atoms with E-state index in [0.29, 0.717) is 5.69 Å². The summed E-state index contributed by atoms with van der Waals surface area (Å²) < 4.78 is 25.7. The zero-order valence-electron chi connectivity index (χ0n) is 10.4. The molecule has 0 spiro atoms. The van der Waals surface area contributed by atoms with Gasteiger partial charge in [0.1, 0.15) is 5.82 Å². The number of nitrogen functional groups attached to an aromatic ring is 1. The number of hydrogen-bond donors (Lipinski definition) is 2. The number of para-hydroxylation sites is 1. The first kappa shape index (κ1) is 13.9. The number of anilines is 2. The van der Waals surface area contributed by atoms with Gasteiger partial charge in [0.15, 0.2) is 20.6 Å². The average molecular weight is 345 g/mol. The Bertz CT molecular complexity index is 724. The summed E-state index contributed by atoms with van der Waals surface area (Å²) in [5, 5.41) is 6.94. The van der Waals surface area contributed by atoms with E-state index in [0.717, 1.165) is 10.7 Å². The molecule has 0 fully saturated rings. The predicted octanol–water partition coefficient (Wildman–Crippen LogP) is 1.66. The molecule has 1 aromatic heterocycles. The van der Waals surface area contributed by atoms with Gasteiger partial charge in [0.2, 0.25) is 0 Å². The molecule has 2 aromatic rings. The molecule has 0 unspecified atom stereocenters. The molecule has 0 atom stereocenters. The van der Waals surface area contributed by atoms with E-state index in [-0.39, 0.29) is 16.5 Å². The van der Waals surface area contributed by atoms with Crippen LogP contribution in [0.3, 0.4) is 0 Å². The van der Waals surface area contributed by atoms with Crippen molar-refractivity contribution in [2.45, 2.75) is 4.90 Å². The summed E-state index contributed by atoms with van der Waals surface area (Å²) in [6.45, 7) is 0. The molecule has 6 nitrogen and oxygen atoms in total. The Hall–Kier alpha value is -1.54. The minimum atomic E-state index is -3.46. The molecular formula is C11H13BrN4O2S. The summed E-state index contributed by atoms with van der Waals surface area (Å²) in [7, 11) is -1.86. The number of sulfone groups is 1. The molecule has 1 heterocycles. The van der Waals surface area contributed by atoms with E-state index < -0.39 is 9.84 Å². The lowest BCUT2D eigenvalue weighted by Gasteiger charge is -2.06. The van der Waals surface area contributed by atoms with E-state index in [1.54, 1.807) is 13.1 Å². The van der Waals surface area contributed by atoms with Gasteiger partial charge >= 0.3 is 0 Å². The second-order valence-electron chi connectivity index (χ2n) is 3.95. The van der Waals surface area contributed by atoms with Crippen molar-refractivity contribution in [1.82, 2.24) is 9.78 Å². The van der Waals surface area contributed by atoms with Crippen LogP contribution >= 0.6 is 15.9 Å². The highest BCUT2D eigenvalue weighted by molar-refractivity contribution is 9.10. The van der Waals surface area contributed by atoms with Gasteiger partial charge in [0, 0.05) is 17.8 Å². The topological polar surface area (TPSA) is 90.0 Å². The van der Waals surface area contributed by atoms with Crippen LogP contribution in [0.5, 0.6) is 0 Å². The lowest BCUT2D eigenvalue weighted by molar-refractivity contribution is 0.602. The minimum Gasteiger partial charge on any atom is -0.382 e. The Balaban J connectivity index is 2.75. The molecule has 8 heteroatoms. The lowest BCUT2D eigenvalue weighted by Crippen LogP contribution is -2.06. The Morgan fingerprint density at radius 3 is 2.47 bits per heavy atom. The summed E-state index contributed by atoms with van der Waals surface area (Å²) in [5.41, 5.74) is 6.60. The molecule has 2 rings (SSSR count). The fourth-order valence-corrected chi connectivity index (χ4v) is 3.17. The van der Waals surface area contributed by atoms with Crippen molar-refractivity contribution in [2.24, 2.45) is 0 Å². The van der Waals surface area contributed by atoms with E-state index >= 15 is 0 Å². The van der Waals surface area contributed by atoms with E-state index in [2.05, 4.69) is 26.3 Å². The number of benzene rings is 1. The lowest BCUT2D eigenvalue weighted by atomic mass is 10.3. The van der Waals surface area contributed by atoms with Crippen LogP contribution in [0.1, 0.15) is 0 Å². The highest BCUT2D eigenvalue weighted by atomic mass is 79.9. The van der Waals surface area contributed by atoms with E-state index in [1.807, 2.05) is 18.2 Å². The van der Waals surface area contributed by atoms with Crippen LogP contribution in [0.4, 0.5) is 11.6 Å². The highest BCUT2D eigenvalue weighted by Gasteiger charge is 2.24. The van der Waals surface area contributed by atoms with Crippen molar-refractivity contribution in [3.8, 4) is 5.69 Å². The third-order valence-corrected chi connectivity index (χ3v) is 4.38. The van der Waals surface area contributed by atoms with Crippen molar-refractivity contribution in [2.75, 3.05) is 24.4 Å². The van der Waals surface area contributed by atoms with Gasteiger partial charge < -0.3 is 11.1 Å². The van der Waals surface area contributed by atoms with E-state index in [9.17, 15) is 8.42 Å². The van der Waals surface area contributed by atoms with Gasteiger partial charge in [-0.05, 0) is 28.1 Å². The van der Waals surface area contributed by atoms with Gasteiger partial charge in [-0.1, -0.05) is 12.1 Å². The highest BCUT2D eigenvalue weighted by Crippen LogP contribution is 2.31. The largest absolute Gasteiger partial charge is 0.382 e. The number of nitrogens with zero attached hydrogens (tertiary/aromatic N) is 2. The number of nitrogens with one attached hydrogen (secondary N) is 1. The van der Waals surface area contributed by atoms with Crippen molar-refractivity contribution in [3.05, 3.63) is 28.7 Å². The monoisotopic (exact) mass is 344 g/mol. The van der Waals surface area contributed by atoms with Gasteiger partial charge in [-0.25, -0.2) is 13.1 Å². The Morgan fingerprint density at radius 2 is 2.00 bits per heavy atom. The average Bonchev–Trinajstić information content (AvgIpc) is 2.66. The predicted molar refractivity (Wildman–Crippen MR) is 78.3 cm³/mol. The summed E-state index contributed by atoms with van der Waals surface area (Å²) in [4.78, 5) is 0.00533. The van der Waals surface area contributed by atoms with Crippen LogP contribution in [0, 0.1) is 0 Å². The zero-order chi connectivity index (χ0) is 14.2. The molecule has 0 amide bonds. The van der Waals surface area contributed by atoms with Crippen LogP contribution < -0.4 is 11.1 Å². The molecule has 0 saturated heterocycles. The van der Waals surface area contributed by atoms with E-state index in [1.165, 1.54) is 4.68 Å². The van der Waals surface area contributed by atoms with E-state index in [4.69, 9.17) is 5.73 Å². The molecule has 0 radical (unpaired) electrons. The quantitative estimate of drug-likeness (QED) is 0.883. The molecular weight excluding hydrogens is 332 g/mol. The third kappa shape index (κ3) is 2.45. The van der Waals surface area contributed by atoms with Crippen molar-refractivity contribution < 1.29 is 8.42 Å². The Kier molecular flexibility index (Phi) is 3.55. The van der Waals surface area contributed by atoms with Gasteiger partial charge in [0.05, 0.1) is 5.69 Å². The number of hydrogen-bond acceptors (Lipinski definition) is 5. The standard InChI is InChI=1S/C11H13BrN4O2S/c1-14-11-9(19(2,17)18)10(13)16(15-11)8-6-4-3-5-7(8)12/h3-6H,13H2,1-2H3,(H,14,15). The summed E-state index contributed by atoms with van der Waals surface area (Å²) in [5.74, 6) is 0.314. The maximum atomic E-state index is 11.8. The minimum absolute atomic E-state index is 0.00533. The Labute approximate surface area is 119 Å². The number of aromatic nitrogens is 2. The smallest absolute Gasteiger partial charge is 0.182 e. The molecule has 19 heavy (non-hydrogen) atoms. The number of nitrogens with two attached hydrogens (primary N) is 1. The van der Waals surface area contributed by atoms with Crippen LogP contribution in [-0.2, 0) is 9.84 Å². The Morgan fingerprint density at radius 1 is 1.37 bits per heavy atom. The fourth-order valence-electron chi connectivity index (χ4n) is 1.75. The maximum Gasteiger partial charge on any atom is 0.182 e. The SMILES string of the molecule is CNc1nn(-c2ccccc2Br)c(N)c1S(C)(=O)=O. The normalized spacial score (nSPS) is 11.5. The van der Waals surface area contributed by atoms with Crippen molar-refractivity contribution >= 4 is 37.4 Å². The first-order chi connectivity index (χ1) is 8.86. The summed E-state index contributed by atoms with van der Waals surface area (Å²) in [6.07, 6.45) is 1.10. The van der Waals surface area contributed by atoms with Gasteiger partial charge in [0.25, 0.3) is 0 Å². The number of rotatable bonds is 3. The molecule has 102 valence electrons. The van der Waals surface area contributed by atoms with Gasteiger partial charge in [-0.2, -0.15) is 0 Å². The molecule has 0 saturated carbocycles. The van der Waals surface area contributed by atoms with Crippen LogP contribution in [0.25, 0.3) is 5.69 Å². The molecule has 0 aliphatic carbocycles. The second-order valence-corrected chi connectivity index (χ2v) is 6.76.